The molecular formula is C15H22N2O. The molecule has 1 amide bonds. The van der Waals surface area contributed by atoms with Gasteiger partial charge in [0, 0.05) is 12.2 Å². The Morgan fingerprint density at radius 2 is 2.28 bits per heavy atom. The number of hydrogen-bond acceptors (Lipinski definition) is 2. The maximum atomic E-state index is 12.5. The number of amides is 1. The lowest BCUT2D eigenvalue weighted by molar-refractivity contribution is -0.121. The Morgan fingerprint density at radius 1 is 1.44 bits per heavy atom. The van der Waals surface area contributed by atoms with Gasteiger partial charge in [-0.25, -0.2) is 0 Å². The summed E-state index contributed by atoms with van der Waals surface area (Å²) in [5, 5.41) is 3.33. The van der Waals surface area contributed by atoms with Gasteiger partial charge in [-0.1, -0.05) is 18.6 Å². The monoisotopic (exact) mass is 246 g/mol. The van der Waals surface area contributed by atoms with Crippen LogP contribution in [0.4, 0.5) is 5.69 Å². The molecule has 0 aliphatic carbocycles. The number of carbonyl (C=O) groups excluding carboxylic acids is 1. The summed E-state index contributed by atoms with van der Waals surface area (Å²) in [6.45, 7) is 5.77. The number of nitrogens with zero attached hydrogens (tertiary/aromatic N) is 1. The third-order valence-corrected chi connectivity index (χ3v) is 3.50. The molecule has 0 radical (unpaired) electrons. The van der Waals surface area contributed by atoms with Gasteiger partial charge in [0.25, 0.3) is 0 Å². The van der Waals surface area contributed by atoms with E-state index in [1.807, 2.05) is 24.0 Å². The standard InChI is InChI=1S/C15H22N2O/c1-3-17(13-8-6-7-12(2)11-13)15(18)14-9-4-5-10-16-14/h6-8,11,14,16H,3-5,9-10H2,1-2H3/t14-/m0/s1. The van der Waals surface area contributed by atoms with Crippen molar-refractivity contribution in [2.45, 2.75) is 39.2 Å². The van der Waals surface area contributed by atoms with Crippen molar-refractivity contribution in [2.75, 3.05) is 18.0 Å². The minimum atomic E-state index is -0.000729. The number of likely N-dealkylation sites (N-methyl/N-ethyl adjacent to an activating group) is 1. The molecule has 0 aromatic heterocycles. The molecule has 1 aliphatic rings. The van der Waals surface area contributed by atoms with Crippen molar-refractivity contribution in [3.8, 4) is 0 Å². The van der Waals surface area contributed by atoms with Crippen LogP contribution >= 0.6 is 0 Å². The molecule has 0 saturated carbocycles. The van der Waals surface area contributed by atoms with Crippen molar-refractivity contribution in [3.05, 3.63) is 29.8 Å². The fourth-order valence-electron chi connectivity index (χ4n) is 2.51. The highest BCUT2D eigenvalue weighted by Gasteiger charge is 2.25. The Kier molecular flexibility index (Phi) is 4.37. The summed E-state index contributed by atoms with van der Waals surface area (Å²) in [7, 11) is 0. The van der Waals surface area contributed by atoms with Gasteiger partial charge in [-0.3, -0.25) is 4.79 Å². The molecule has 1 atom stereocenters. The Bertz CT molecular complexity index is 411. The fourth-order valence-corrected chi connectivity index (χ4v) is 2.51. The average molecular weight is 246 g/mol. The Labute approximate surface area is 109 Å². The smallest absolute Gasteiger partial charge is 0.244 e. The normalized spacial score (nSPS) is 19.6. The number of piperidine rings is 1. The van der Waals surface area contributed by atoms with Gasteiger partial charge in [0.05, 0.1) is 6.04 Å². The molecule has 2 rings (SSSR count). The maximum absolute atomic E-state index is 12.5. The van der Waals surface area contributed by atoms with Gasteiger partial charge in [0.15, 0.2) is 0 Å². The molecule has 0 spiro atoms. The minimum Gasteiger partial charge on any atom is -0.311 e. The van der Waals surface area contributed by atoms with Crippen molar-refractivity contribution in [2.24, 2.45) is 0 Å². The molecule has 1 N–H and O–H groups in total. The van der Waals surface area contributed by atoms with Crippen LogP contribution in [-0.2, 0) is 4.79 Å². The van der Waals surface area contributed by atoms with E-state index in [0.717, 1.165) is 31.6 Å². The first-order valence-corrected chi connectivity index (χ1v) is 6.84. The van der Waals surface area contributed by atoms with Crippen LogP contribution in [0.5, 0.6) is 0 Å². The molecule has 1 aromatic carbocycles. The second-order valence-corrected chi connectivity index (χ2v) is 4.92. The topological polar surface area (TPSA) is 32.3 Å². The van der Waals surface area contributed by atoms with Gasteiger partial charge in [0.2, 0.25) is 5.91 Å². The molecule has 1 aromatic rings. The molecule has 0 unspecified atom stereocenters. The fraction of sp³-hybridized carbons (Fsp3) is 0.533. The molecule has 3 heteroatoms. The predicted molar refractivity (Wildman–Crippen MR) is 74.8 cm³/mol. The van der Waals surface area contributed by atoms with E-state index in [-0.39, 0.29) is 11.9 Å². The quantitative estimate of drug-likeness (QED) is 0.888. The highest BCUT2D eigenvalue weighted by molar-refractivity contribution is 5.97. The summed E-state index contributed by atoms with van der Waals surface area (Å²) in [6, 6.07) is 8.15. The van der Waals surface area contributed by atoms with Crippen molar-refractivity contribution < 1.29 is 4.79 Å². The Hall–Kier alpha value is -1.35. The molecule has 1 fully saturated rings. The van der Waals surface area contributed by atoms with Gasteiger partial charge in [0.1, 0.15) is 0 Å². The zero-order valence-corrected chi connectivity index (χ0v) is 11.3. The number of hydrogen-bond donors (Lipinski definition) is 1. The molecule has 1 saturated heterocycles. The summed E-state index contributed by atoms with van der Waals surface area (Å²) < 4.78 is 0. The summed E-state index contributed by atoms with van der Waals surface area (Å²) in [5.41, 5.74) is 2.20. The highest BCUT2D eigenvalue weighted by Crippen LogP contribution is 2.19. The van der Waals surface area contributed by atoms with Gasteiger partial charge in [-0.15, -0.1) is 0 Å². The van der Waals surface area contributed by atoms with E-state index in [2.05, 4.69) is 24.4 Å². The Morgan fingerprint density at radius 3 is 2.89 bits per heavy atom. The van der Waals surface area contributed by atoms with E-state index in [1.54, 1.807) is 0 Å². The first kappa shape index (κ1) is 13.1. The average Bonchev–Trinajstić information content (AvgIpc) is 2.40. The number of nitrogens with one attached hydrogen (secondary N) is 1. The second-order valence-electron chi connectivity index (χ2n) is 4.92. The minimum absolute atomic E-state index is 0.000729. The predicted octanol–water partition coefficient (Wildman–Crippen LogP) is 2.49. The number of anilines is 1. The van der Waals surface area contributed by atoms with E-state index in [4.69, 9.17) is 0 Å². The van der Waals surface area contributed by atoms with Crippen LogP contribution in [0.2, 0.25) is 0 Å². The molecule has 1 aliphatic heterocycles. The van der Waals surface area contributed by atoms with Gasteiger partial charge in [-0.2, -0.15) is 0 Å². The van der Waals surface area contributed by atoms with Crippen LogP contribution in [0.15, 0.2) is 24.3 Å². The second kappa shape index (κ2) is 6.01. The SMILES string of the molecule is CCN(C(=O)[C@@H]1CCCCN1)c1cccc(C)c1. The summed E-state index contributed by atoms with van der Waals surface area (Å²) in [6.07, 6.45) is 3.29. The molecule has 98 valence electrons. The molecule has 0 bridgehead atoms. The first-order chi connectivity index (χ1) is 8.72. The van der Waals surface area contributed by atoms with Crippen LogP contribution in [0.1, 0.15) is 31.7 Å². The van der Waals surface area contributed by atoms with E-state index in [0.29, 0.717) is 0 Å². The van der Waals surface area contributed by atoms with Crippen LogP contribution in [0.3, 0.4) is 0 Å². The van der Waals surface area contributed by atoms with Gasteiger partial charge in [-0.05, 0) is 50.9 Å². The van der Waals surface area contributed by atoms with Crippen LogP contribution < -0.4 is 10.2 Å². The molecule has 3 nitrogen and oxygen atoms in total. The third-order valence-electron chi connectivity index (χ3n) is 3.50. The van der Waals surface area contributed by atoms with E-state index < -0.39 is 0 Å². The van der Waals surface area contributed by atoms with E-state index in [9.17, 15) is 4.79 Å². The third kappa shape index (κ3) is 2.91. The number of aryl methyl sites for hydroxylation is 1. The lowest BCUT2D eigenvalue weighted by Crippen LogP contribution is -2.48. The summed E-state index contributed by atoms with van der Waals surface area (Å²) >= 11 is 0. The molecule has 18 heavy (non-hydrogen) atoms. The van der Waals surface area contributed by atoms with Crippen molar-refractivity contribution >= 4 is 11.6 Å². The van der Waals surface area contributed by atoms with E-state index in [1.165, 1.54) is 12.0 Å². The van der Waals surface area contributed by atoms with Crippen LogP contribution in [-0.4, -0.2) is 25.0 Å². The number of rotatable bonds is 3. The number of carbonyl (C=O) groups is 1. The van der Waals surface area contributed by atoms with Gasteiger partial charge < -0.3 is 10.2 Å². The molecule has 1 heterocycles. The molecular weight excluding hydrogens is 224 g/mol. The maximum Gasteiger partial charge on any atom is 0.244 e. The Balaban J connectivity index is 2.14. The van der Waals surface area contributed by atoms with E-state index >= 15 is 0 Å². The lowest BCUT2D eigenvalue weighted by atomic mass is 10.0. The largest absolute Gasteiger partial charge is 0.311 e. The van der Waals surface area contributed by atoms with Crippen LogP contribution in [0, 0.1) is 6.92 Å². The van der Waals surface area contributed by atoms with Gasteiger partial charge >= 0.3 is 0 Å². The van der Waals surface area contributed by atoms with Crippen LogP contribution in [0.25, 0.3) is 0 Å². The highest BCUT2D eigenvalue weighted by atomic mass is 16.2. The first-order valence-electron chi connectivity index (χ1n) is 6.84. The lowest BCUT2D eigenvalue weighted by Gasteiger charge is -2.29. The van der Waals surface area contributed by atoms with Crippen molar-refractivity contribution in [1.29, 1.82) is 0 Å². The summed E-state index contributed by atoms with van der Waals surface area (Å²) in [5.74, 6) is 0.211. The van der Waals surface area contributed by atoms with Crippen molar-refractivity contribution in [1.82, 2.24) is 5.32 Å². The number of benzene rings is 1. The zero-order chi connectivity index (χ0) is 13.0. The zero-order valence-electron chi connectivity index (χ0n) is 11.3. The summed E-state index contributed by atoms with van der Waals surface area (Å²) in [4.78, 5) is 14.4. The van der Waals surface area contributed by atoms with Crippen molar-refractivity contribution in [3.63, 3.8) is 0 Å².